The van der Waals surface area contributed by atoms with Crippen molar-refractivity contribution in [2.24, 2.45) is 0 Å². The average Bonchev–Trinajstić information content (AvgIpc) is 2.81. The maximum absolute atomic E-state index is 12.8. The second kappa shape index (κ2) is 10.7. The van der Waals surface area contributed by atoms with E-state index in [1.807, 2.05) is 12.1 Å². The van der Waals surface area contributed by atoms with Crippen molar-refractivity contribution in [2.45, 2.75) is 36.6 Å². The highest BCUT2D eigenvalue weighted by molar-refractivity contribution is 7.99. The molecule has 0 radical (unpaired) electrons. The summed E-state index contributed by atoms with van der Waals surface area (Å²) in [5.74, 6) is -0.280. The van der Waals surface area contributed by atoms with Crippen LogP contribution >= 0.6 is 11.8 Å². The zero-order chi connectivity index (χ0) is 23.2. The Balaban J connectivity index is 1.37. The van der Waals surface area contributed by atoms with E-state index in [1.165, 1.54) is 28.5 Å². The van der Waals surface area contributed by atoms with E-state index >= 15 is 0 Å². The van der Waals surface area contributed by atoms with Gasteiger partial charge >= 0.3 is 0 Å². The fourth-order valence-electron chi connectivity index (χ4n) is 4.09. The van der Waals surface area contributed by atoms with E-state index in [4.69, 9.17) is 0 Å². The number of nitrogens with one attached hydrogen (secondary N) is 3. The van der Waals surface area contributed by atoms with Gasteiger partial charge in [-0.05, 0) is 42.8 Å². The molecule has 4 rings (SSSR count). The normalized spacial score (nSPS) is 14.9. The van der Waals surface area contributed by atoms with Crippen LogP contribution in [0.3, 0.4) is 0 Å². The van der Waals surface area contributed by atoms with Crippen LogP contribution in [0.4, 0.5) is 5.69 Å². The third kappa shape index (κ3) is 6.24. The topological polar surface area (TPSA) is 62.6 Å². The van der Waals surface area contributed by atoms with Crippen molar-refractivity contribution in [3.63, 3.8) is 0 Å². The lowest BCUT2D eigenvalue weighted by molar-refractivity contribution is -0.914. The molecule has 1 aliphatic rings. The molecular weight excluding hydrogens is 430 g/mol. The van der Waals surface area contributed by atoms with Crippen molar-refractivity contribution >= 4 is 29.3 Å². The molecule has 1 atom stereocenters. The number of quaternary nitrogens is 1. The maximum Gasteiger partial charge on any atom is 0.251 e. The summed E-state index contributed by atoms with van der Waals surface area (Å²) in [7, 11) is 0. The van der Waals surface area contributed by atoms with E-state index < -0.39 is 0 Å². The Labute approximate surface area is 199 Å². The Bertz CT molecular complexity index is 1140. The first-order valence-electron chi connectivity index (χ1n) is 11.3. The van der Waals surface area contributed by atoms with Gasteiger partial charge in [0.05, 0.1) is 25.3 Å². The number of benzene rings is 3. The first-order valence-corrected chi connectivity index (χ1v) is 12.1. The van der Waals surface area contributed by atoms with Crippen LogP contribution in [0, 0.1) is 6.92 Å². The molecule has 3 aromatic rings. The van der Waals surface area contributed by atoms with Crippen molar-refractivity contribution in [2.75, 3.05) is 25.0 Å². The summed E-state index contributed by atoms with van der Waals surface area (Å²) in [6.07, 6.45) is 1.08. The highest BCUT2D eigenvalue weighted by atomic mass is 32.2. The Hall–Kier alpha value is -3.09. The number of anilines is 1. The molecule has 0 spiro atoms. The molecule has 33 heavy (non-hydrogen) atoms. The van der Waals surface area contributed by atoms with Crippen LogP contribution in [-0.2, 0) is 17.8 Å². The standard InChI is InChI=1S/C27H29N3O2S/c1-19-7-10-24(11-8-19)33-26-12-9-22(17-25(26)29-20(2)31)27(32)28-14-16-30-15-13-21-5-3-4-6-23(21)18-30/h3-12,17H,13-16,18H2,1-2H3,(H,28,32)(H,29,31)/p+1. The molecule has 6 heteroatoms. The van der Waals surface area contributed by atoms with Gasteiger partial charge in [0.15, 0.2) is 0 Å². The molecule has 1 aliphatic heterocycles. The summed E-state index contributed by atoms with van der Waals surface area (Å²) in [6, 6.07) is 22.3. The van der Waals surface area contributed by atoms with Gasteiger partial charge in [0.1, 0.15) is 6.54 Å². The molecule has 0 fully saturated rings. The van der Waals surface area contributed by atoms with Crippen LogP contribution in [0.1, 0.15) is 34.0 Å². The SMILES string of the molecule is CC(=O)Nc1cc(C(=O)NCC[NH+]2CCc3ccccc3C2)ccc1Sc1ccc(C)cc1. The summed E-state index contributed by atoms with van der Waals surface area (Å²) in [5, 5.41) is 5.92. The number of carbonyl (C=O) groups excluding carboxylic acids is 2. The Kier molecular flexibility index (Phi) is 7.47. The van der Waals surface area contributed by atoms with E-state index in [0.29, 0.717) is 17.8 Å². The molecule has 1 unspecified atom stereocenters. The summed E-state index contributed by atoms with van der Waals surface area (Å²) in [5.41, 5.74) is 5.25. The van der Waals surface area contributed by atoms with Crippen LogP contribution < -0.4 is 15.5 Å². The number of amides is 2. The second-order valence-electron chi connectivity index (χ2n) is 8.51. The van der Waals surface area contributed by atoms with E-state index in [-0.39, 0.29) is 11.8 Å². The average molecular weight is 461 g/mol. The van der Waals surface area contributed by atoms with Crippen LogP contribution in [-0.4, -0.2) is 31.4 Å². The van der Waals surface area contributed by atoms with E-state index in [0.717, 1.165) is 35.8 Å². The number of hydrogen-bond donors (Lipinski definition) is 3. The summed E-state index contributed by atoms with van der Waals surface area (Å²) in [6.45, 7) is 7.13. The highest BCUT2D eigenvalue weighted by Gasteiger charge is 2.19. The smallest absolute Gasteiger partial charge is 0.251 e. The van der Waals surface area contributed by atoms with E-state index in [2.05, 4.69) is 66.1 Å². The molecule has 0 aliphatic carbocycles. The number of rotatable bonds is 7. The minimum absolute atomic E-state index is 0.120. The Morgan fingerprint density at radius 1 is 1.00 bits per heavy atom. The molecule has 0 aromatic heterocycles. The van der Waals surface area contributed by atoms with Gasteiger partial charge in [-0.2, -0.15) is 0 Å². The summed E-state index contributed by atoms with van der Waals surface area (Å²) < 4.78 is 0. The number of aryl methyl sites for hydroxylation is 1. The number of hydrogen-bond acceptors (Lipinski definition) is 3. The molecule has 170 valence electrons. The fraction of sp³-hybridized carbons (Fsp3) is 0.259. The number of carbonyl (C=O) groups is 2. The van der Waals surface area contributed by atoms with E-state index in [1.54, 1.807) is 17.8 Å². The molecule has 3 N–H and O–H groups in total. The highest BCUT2D eigenvalue weighted by Crippen LogP contribution is 2.34. The molecule has 0 saturated carbocycles. The van der Waals surface area contributed by atoms with Crippen LogP contribution in [0.5, 0.6) is 0 Å². The maximum atomic E-state index is 12.8. The lowest BCUT2D eigenvalue weighted by atomic mass is 10.00. The number of fused-ring (bicyclic) bond motifs is 1. The van der Waals surface area contributed by atoms with Crippen molar-refractivity contribution in [3.8, 4) is 0 Å². The molecule has 0 saturated heterocycles. The van der Waals surface area contributed by atoms with Gasteiger partial charge in [-0.3, -0.25) is 9.59 Å². The van der Waals surface area contributed by atoms with Gasteiger partial charge in [0.2, 0.25) is 5.91 Å². The molecule has 1 heterocycles. The van der Waals surface area contributed by atoms with Gasteiger partial charge in [0, 0.05) is 34.3 Å². The largest absolute Gasteiger partial charge is 0.346 e. The predicted octanol–water partition coefficient (Wildman–Crippen LogP) is 3.48. The second-order valence-corrected chi connectivity index (χ2v) is 9.62. The zero-order valence-electron chi connectivity index (χ0n) is 19.1. The third-order valence-electron chi connectivity index (χ3n) is 5.87. The zero-order valence-corrected chi connectivity index (χ0v) is 19.9. The first-order chi connectivity index (χ1) is 16.0. The Morgan fingerprint density at radius 2 is 1.76 bits per heavy atom. The van der Waals surface area contributed by atoms with Gasteiger partial charge in [-0.15, -0.1) is 0 Å². The molecule has 5 nitrogen and oxygen atoms in total. The molecule has 2 amide bonds. The first kappa shape index (κ1) is 23.1. The molecule has 3 aromatic carbocycles. The van der Waals surface area contributed by atoms with Crippen molar-refractivity contribution in [1.29, 1.82) is 0 Å². The lowest BCUT2D eigenvalue weighted by Gasteiger charge is -2.25. The predicted molar refractivity (Wildman–Crippen MR) is 133 cm³/mol. The van der Waals surface area contributed by atoms with Crippen molar-refractivity contribution in [3.05, 3.63) is 89.0 Å². The van der Waals surface area contributed by atoms with Gasteiger partial charge in [-0.25, -0.2) is 0 Å². The summed E-state index contributed by atoms with van der Waals surface area (Å²) in [4.78, 5) is 28.0. The molecular formula is C27H30N3O2S+. The van der Waals surface area contributed by atoms with Crippen LogP contribution in [0.25, 0.3) is 0 Å². The van der Waals surface area contributed by atoms with Crippen LogP contribution in [0.2, 0.25) is 0 Å². The molecule has 0 bridgehead atoms. The fourth-order valence-corrected chi connectivity index (χ4v) is 4.97. The van der Waals surface area contributed by atoms with Gasteiger partial charge < -0.3 is 15.5 Å². The third-order valence-corrected chi connectivity index (χ3v) is 6.96. The quantitative estimate of drug-likeness (QED) is 0.506. The minimum atomic E-state index is -0.160. The van der Waals surface area contributed by atoms with Gasteiger partial charge in [0.25, 0.3) is 5.91 Å². The van der Waals surface area contributed by atoms with Gasteiger partial charge in [-0.1, -0.05) is 53.7 Å². The Morgan fingerprint density at radius 3 is 2.52 bits per heavy atom. The van der Waals surface area contributed by atoms with Crippen molar-refractivity contribution < 1.29 is 14.5 Å². The van der Waals surface area contributed by atoms with E-state index in [9.17, 15) is 9.59 Å². The monoisotopic (exact) mass is 460 g/mol. The van der Waals surface area contributed by atoms with Crippen molar-refractivity contribution in [1.82, 2.24) is 5.32 Å². The van der Waals surface area contributed by atoms with Crippen LogP contribution in [0.15, 0.2) is 76.5 Å². The minimum Gasteiger partial charge on any atom is -0.346 e. The summed E-state index contributed by atoms with van der Waals surface area (Å²) >= 11 is 1.57. The lowest BCUT2D eigenvalue weighted by Crippen LogP contribution is -3.12.